The molecule has 1 aromatic carbocycles. The normalized spacial score (nSPS) is 13.8. The summed E-state index contributed by atoms with van der Waals surface area (Å²) in [6.45, 7) is 0.921. The first-order valence-corrected chi connectivity index (χ1v) is 14.2. The van der Waals surface area contributed by atoms with E-state index in [0.29, 0.717) is 18.0 Å². The number of carboxylic acids is 1. The van der Waals surface area contributed by atoms with Gasteiger partial charge in [0.15, 0.2) is 0 Å². The number of carbonyl (C=O) groups is 2. The van der Waals surface area contributed by atoms with Crippen molar-refractivity contribution in [1.29, 1.82) is 0 Å². The fourth-order valence-corrected chi connectivity index (χ4v) is 5.84. The first-order valence-electron chi connectivity index (χ1n) is 11.8. The molecule has 1 atom stereocenters. The maximum Gasteiger partial charge on any atom is 0.323 e. The number of carboxylic acid groups (broad SMARTS) is 1. The molecule has 3 aromatic rings. The molecule has 0 saturated heterocycles. The van der Waals surface area contributed by atoms with E-state index in [1.807, 2.05) is 6.07 Å². The van der Waals surface area contributed by atoms with E-state index in [-0.39, 0.29) is 16.1 Å². The number of aliphatic carboxylic acids is 1. The van der Waals surface area contributed by atoms with Gasteiger partial charge in [-0.2, -0.15) is 9.82 Å². The molecule has 4 N–H and O–H groups in total. The number of aromatic nitrogens is 3. The van der Waals surface area contributed by atoms with Crippen LogP contribution in [-0.4, -0.2) is 59.3 Å². The number of halogens is 2. The van der Waals surface area contributed by atoms with Gasteiger partial charge in [0.05, 0.1) is 17.5 Å². The molecular weight excluding hydrogens is 555 g/mol. The predicted octanol–water partition coefficient (Wildman–Crippen LogP) is 2.49. The number of sulfonamides is 1. The summed E-state index contributed by atoms with van der Waals surface area (Å²) in [7, 11) is -4.10. The molecule has 11 nitrogen and oxygen atoms in total. The Kier molecular flexibility index (Phi) is 8.87. The standard InChI is InChI=1S/C24H26Cl2N6O5S/c25-18-5-3-16(20(26)10-18)14-38(36,37)31-21(24(34)35)12-28-23(33)17-11-29-32(13-17)9-7-19-6-4-15-2-1-8-27-22(15)30-19/h3-6,10-11,13,21,31H,1-2,7-9,12,14H2,(H,27,30)(H,28,33)(H,34,35). The van der Waals surface area contributed by atoms with E-state index in [1.165, 1.54) is 36.2 Å². The molecule has 3 heterocycles. The van der Waals surface area contributed by atoms with E-state index >= 15 is 0 Å². The van der Waals surface area contributed by atoms with Crippen molar-refractivity contribution in [3.63, 3.8) is 0 Å². The lowest BCUT2D eigenvalue weighted by Crippen LogP contribution is -2.48. The zero-order valence-corrected chi connectivity index (χ0v) is 22.5. The minimum Gasteiger partial charge on any atom is -0.480 e. The second kappa shape index (κ2) is 12.1. The quantitative estimate of drug-likeness (QED) is 0.269. The van der Waals surface area contributed by atoms with Crippen molar-refractivity contribution in [3.8, 4) is 0 Å². The molecule has 0 bridgehead atoms. The molecule has 0 aliphatic carbocycles. The lowest BCUT2D eigenvalue weighted by Gasteiger charge is -2.17. The molecule has 1 unspecified atom stereocenters. The Bertz CT molecular complexity index is 1450. The molecule has 14 heteroatoms. The number of benzene rings is 1. The number of aryl methyl sites for hydroxylation is 3. The number of anilines is 1. The summed E-state index contributed by atoms with van der Waals surface area (Å²) < 4.78 is 28.8. The van der Waals surface area contributed by atoms with Crippen molar-refractivity contribution in [2.75, 3.05) is 18.4 Å². The van der Waals surface area contributed by atoms with Gasteiger partial charge in [-0.25, -0.2) is 13.4 Å². The maximum absolute atomic E-state index is 12.6. The summed E-state index contributed by atoms with van der Waals surface area (Å²) in [4.78, 5) is 28.9. The number of carbonyl (C=O) groups excluding carboxylic acids is 1. The van der Waals surface area contributed by atoms with Gasteiger partial charge in [-0.15, -0.1) is 0 Å². The monoisotopic (exact) mass is 580 g/mol. The Morgan fingerprint density at radius 3 is 2.79 bits per heavy atom. The van der Waals surface area contributed by atoms with Crippen molar-refractivity contribution in [2.24, 2.45) is 0 Å². The largest absolute Gasteiger partial charge is 0.480 e. The van der Waals surface area contributed by atoms with Crippen molar-refractivity contribution < 1.29 is 23.1 Å². The van der Waals surface area contributed by atoms with Gasteiger partial charge in [0, 0.05) is 48.0 Å². The van der Waals surface area contributed by atoms with Crippen LogP contribution in [0.15, 0.2) is 42.7 Å². The highest BCUT2D eigenvalue weighted by Gasteiger charge is 2.26. The van der Waals surface area contributed by atoms with Crippen LogP contribution < -0.4 is 15.4 Å². The van der Waals surface area contributed by atoms with Crippen molar-refractivity contribution in [2.45, 2.75) is 37.6 Å². The van der Waals surface area contributed by atoms with Crippen LogP contribution in [-0.2, 0) is 40.0 Å². The van der Waals surface area contributed by atoms with Gasteiger partial charge in [0.25, 0.3) is 5.91 Å². The Morgan fingerprint density at radius 2 is 2.03 bits per heavy atom. The Morgan fingerprint density at radius 1 is 1.21 bits per heavy atom. The third-order valence-electron chi connectivity index (χ3n) is 5.89. The SMILES string of the molecule is O=C(NCC(NS(=O)(=O)Cc1ccc(Cl)cc1Cl)C(=O)O)c1cnn(CCc2ccc3c(n2)NCCC3)c1. The molecule has 202 valence electrons. The fourth-order valence-electron chi connectivity index (χ4n) is 3.92. The van der Waals surface area contributed by atoms with E-state index in [9.17, 15) is 23.1 Å². The number of pyridine rings is 1. The van der Waals surface area contributed by atoms with Gasteiger partial charge in [0.2, 0.25) is 10.0 Å². The van der Waals surface area contributed by atoms with Crippen LogP contribution in [0.2, 0.25) is 10.0 Å². The van der Waals surface area contributed by atoms with E-state index in [4.69, 9.17) is 23.2 Å². The molecular formula is C24H26Cl2N6O5S. The van der Waals surface area contributed by atoms with Gasteiger partial charge in [-0.3, -0.25) is 14.3 Å². The van der Waals surface area contributed by atoms with Gasteiger partial charge >= 0.3 is 5.97 Å². The fraction of sp³-hybridized carbons (Fsp3) is 0.333. The van der Waals surface area contributed by atoms with Gasteiger partial charge in [-0.1, -0.05) is 35.3 Å². The van der Waals surface area contributed by atoms with Gasteiger partial charge in [-0.05, 0) is 42.2 Å². The van der Waals surface area contributed by atoms with Crippen LogP contribution in [0.25, 0.3) is 0 Å². The number of nitrogens with zero attached hydrogens (tertiary/aromatic N) is 3. The first kappa shape index (κ1) is 27.8. The van der Waals surface area contributed by atoms with Crippen LogP contribution in [0.4, 0.5) is 5.82 Å². The summed E-state index contributed by atoms with van der Waals surface area (Å²) >= 11 is 11.9. The van der Waals surface area contributed by atoms with Crippen LogP contribution >= 0.6 is 23.2 Å². The second-order valence-electron chi connectivity index (χ2n) is 8.80. The highest BCUT2D eigenvalue weighted by atomic mass is 35.5. The Balaban J connectivity index is 1.30. The number of nitrogens with one attached hydrogen (secondary N) is 3. The Labute approximate surface area is 229 Å². The summed E-state index contributed by atoms with van der Waals surface area (Å²) in [6, 6.07) is 6.78. The van der Waals surface area contributed by atoms with Crippen LogP contribution in [0.1, 0.15) is 33.6 Å². The van der Waals surface area contributed by atoms with Gasteiger partial charge in [0.1, 0.15) is 11.9 Å². The summed E-state index contributed by atoms with van der Waals surface area (Å²) in [5.41, 5.74) is 2.57. The van der Waals surface area contributed by atoms with Crippen LogP contribution in [0.5, 0.6) is 0 Å². The number of hydrogen-bond donors (Lipinski definition) is 4. The van der Waals surface area contributed by atoms with Crippen molar-refractivity contribution >= 4 is 50.9 Å². The smallest absolute Gasteiger partial charge is 0.323 e. The van der Waals surface area contributed by atoms with Crippen molar-refractivity contribution in [1.82, 2.24) is 24.8 Å². The number of rotatable bonds is 11. The lowest BCUT2D eigenvalue weighted by molar-refractivity contribution is -0.138. The molecule has 2 aromatic heterocycles. The van der Waals surface area contributed by atoms with Crippen molar-refractivity contribution in [3.05, 3.63) is 75.2 Å². The first-order chi connectivity index (χ1) is 18.1. The third-order valence-corrected chi connectivity index (χ3v) is 7.81. The summed E-state index contributed by atoms with van der Waals surface area (Å²) in [5, 5.41) is 19.9. The molecule has 1 aliphatic heterocycles. The second-order valence-corrected chi connectivity index (χ2v) is 11.4. The summed E-state index contributed by atoms with van der Waals surface area (Å²) in [6.07, 6.45) is 5.60. The molecule has 4 rings (SSSR count). The molecule has 0 saturated carbocycles. The van der Waals surface area contributed by atoms with Gasteiger partial charge < -0.3 is 15.7 Å². The average molecular weight is 581 g/mol. The lowest BCUT2D eigenvalue weighted by atomic mass is 10.1. The zero-order valence-electron chi connectivity index (χ0n) is 20.2. The predicted molar refractivity (Wildman–Crippen MR) is 143 cm³/mol. The van der Waals surface area contributed by atoms with E-state index in [0.717, 1.165) is 30.9 Å². The van der Waals surface area contributed by atoms with E-state index in [1.54, 1.807) is 4.68 Å². The average Bonchev–Trinajstić information content (AvgIpc) is 3.36. The molecule has 1 aliphatic rings. The topological polar surface area (TPSA) is 155 Å². The third kappa shape index (κ3) is 7.44. The maximum atomic E-state index is 12.6. The molecule has 1 amide bonds. The molecule has 0 spiro atoms. The van der Waals surface area contributed by atoms with E-state index in [2.05, 4.69) is 31.5 Å². The van der Waals surface area contributed by atoms with Crippen LogP contribution in [0, 0.1) is 0 Å². The summed E-state index contributed by atoms with van der Waals surface area (Å²) in [5.74, 6) is -1.67. The van der Waals surface area contributed by atoms with Crippen LogP contribution in [0.3, 0.4) is 0 Å². The molecule has 0 radical (unpaired) electrons. The minimum absolute atomic E-state index is 0.138. The highest BCUT2D eigenvalue weighted by Crippen LogP contribution is 2.23. The molecule has 38 heavy (non-hydrogen) atoms. The highest BCUT2D eigenvalue weighted by molar-refractivity contribution is 7.88. The molecule has 0 fully saturated rings. The Hall–Kier alpha value is -3.19. The number of fused-ring (bicyclic) bond motifs is 1. The number of amides is 1. The minimum atomic E-state index is -4.10. The van der Waals surface area contributed by atoms with E-state index < -0.39 is 40.2 Å². The number of hydrogen-bond acceptors (Lipinski definition) is 7. The zero-order chi connectivity index (χ0) is 27.3.